The Balaban J connectivity index is 0.956. The molecule has 0 saturated heterocycles. The SMILES string of the molecule is O=c1c2cc3c(=O)n(-c4cc(-n5c(C(O)c6ccccc6)nc6ccccc65)cc(-n5c(C(O)c6ccccc6)nc6ccccc65)c4)c(=O)c3cc2c(=O)n1-c1cc(-n2c(CO)nc3ccccc32)cc(-n2c(CO)nc3ccccc32)c1. The van der Waals surface area contributed by atoms with Crippen LogP contribution in [0.1, 0.15) is 46.6 Å². The van der Waals surface area contributed by atoms with Gasteiger partial charge in [-0.05, 0) is 108 Å². The Morgan fingerprint density at radius 3 is 0.893 bits per heavy atom. The monoisotopic (exact) mass is 1100 g/mol. The van der Waals surface area contributed by atoms with Gasteiger partial charge in [-0.15, -0.1) is 0 Å². The van der Waals surface area contributed by atoms with Crippen LogP contribution in [-0.4, -0.2) is 67.8 Å². The van der Waals surface area contributed by atoms with Crippen molar-refractivity contribution in [3.05, 3.63) is 282 Å². The lowest BCUT2D eigenvalue weighted by molar-refractivity contribution is 0.208. The second-order valence-corrected chi connectivity index (χ2v) is 20.5. The van der Waals surface area contributed by atoms with E-state index < -0.39 is 47.7 Å². The molecule has 2 atom stereocenters. The number of fused-ring (bicyclic) bond motifs is 6. The molecule has 0 amide bonds. The van der Waals surface area contributed by atoms with Gasteiger partial charge in [-0.25, -0.2) is 29.1 Å². The summed E-state index contributed by atoms with van der Waals surface area (Å²) in [6.45, 7) is -0.906. The number of aliphatic hydroxyl groups excluding tert-OH is 4. The van der Waals surface area contributed by atoms with Crippen molar-refractivity contribution < 1.29 is 20.4 Å². The highest BCUT2D eigenvalue weighted by Gasteiger charge is 2.28. The summed E-state index contributed by atoms with van der Waals surface area (Å²) in [7, 11) is 0. The van der Waals surface area contributed by atoms with Crippen molar-refractivity contribution >= 4 is 65.7 Å². The van der Waals surface area contributed by atoms with Crippen LogP contribution in [-0.2, 0) is 13.2 Å². The standard InChI is InChI=1S/C66H44N10O8/c77-35-57-67-49-19-7-11-23-53(49)71(57)39-27-40(72-54-24-12-8-20-50(54)68-58(72)36-78)29-43(28-39)75-63(81)45-33-47-48(34-46(45)64(75)82)66(84)76(65(47)83)44-31-41(73-55-25-13-9-21-51(55)69-61(73)59(79)37-15-3-1-4-16-37)30-42(32-44)74-56-26-14-10-22-52(56)70-62(74)60(80)38-17-5-2-6-18-38/h1-34,59-60,77-80H,35-36H2. The molecular formula is C66H44N10O8. The first-order valence-electron chi connectivity index (χ1n) is 26.9. The third-order valence-corrected chi connectivity index (χ3v) is 15.7. The Hall–Kier alpha value is -11.0. The fourth-order valence-electron chi connectivity index (χ4n) is 11.9. The number of imidazole rings is 4. The van der Waals surface area contributed by atoms with Crippen molar-refractivity contribution in [2.75, 3.05) is 0 Å². The van der Waals surface area contributed by atoms with E-state index in [0.717, 1.165) is 9.13 Å². The highest BCUT2D eigenvalue weighted by molar-refractivity contribution is 5.98. The number of rotatable bonds is 12. The summed E-state index contributed by atoms with van der Waals surface area (Å²) in [6, 6.07) is 60.1. The lowest BCUT2D eigenvalue weighted by atomic mass is 10.1. The van der Waals surface area contributed by atoms with Gasteiger partial charge in [-0.2, -0.15) is 0 Å². The van der Waals surface area contributed by atoms with Gasteiger partial charge in [0, 0.05) is 0 Å². The quantitative estimate of drug-likeness (QED) is 0.0904. The molecular weight excluding hydrogens is 1060 g/mol. The summed E-state index contributed by atoms with van der Waals surface area (Å²) in [4.78, 5) is 80.0. The van der Waals surface area contributed by atoms with E-state index >= 15 is 19.2 Å². The van der Waals surface area contributed by atoms with E-state index in [4.69, 9.17) is 9.97 Å². The molecule has 9 aromatic carbocycles. The Kier molecular flexibility index (Phi) is 11.5. The molecule has 406 valence electrons. The molecule has 18 heteroatoms. The Bertz CT molecular complexity index is 5080. The van der Waals surface area contributed by atoms with E-state index in [1.807, 2.05) is 127 Å². The van der Waals surface area contributed by atoms with Gasteiger partial charge >= 0.3 is 0 Å². The van der Waals surface area contributed by atoms with Crippen LogP contribution in [0.2, 0.25) is 0 Å². The van der Waals surface area contributed by atoms with Crippen molar-refractivity contribution in [2.45, 2.75) is 25.4 Å². The molecule has 15 rings (SSSR count). The van der Waals surface area contributed by atoms with Crippen LogP contribution in [0.5, 0.6) is 0 Å². The van der Waals surface area contributed by atoms with E-state index in [1.165, 1.54) is 12.1 Å². The van der Waals surface area contributed by atoms with Crippen LogP contribution < -0.4 is 22.2 Å². The molecule has 0 fully saturated rings. The normalized spacial score (nSPS) is 12.7. The zero-order chi connectivity index (χ0) is 57.1. The molecule has 0 saturated carbocycles. The molecule has 0 aliphatic carbocycles. The fraction of sp³-hybridized carbons (Fsp3) is 0.0606. The largest absolute Gasteiger partial charge is 0.388 e. The summed E-state index contributed by atoms with van der Waals surface area (Å²) in [5.74, 6) is 1.04. The van der Waals surface area contributed by atoms with E-state index in [-0.39, 0.29) is 56.2 Å². The Labute approximate surface area is 473 Å². The van der Waals surface area contributed by atoms with Crippen molar-refractivity contribution in [1.29, 1.82) is 0 Å². The van der Waals surface area contributed by atoms with E-state index in [1.54, 1.807) is 85.0 Å². The number of para-hydroxylation sites is 8. The van der Waals surface area contributed by atoms with Crippen molar-refractivity contribution in [2.24, 2.45) is 0 Å². The lowest BCUT2D eigenvalue weighted by Crippen LogP contribution is -2.24. The third kappa shape index (κ3) is 7.66. The second kappa shape index (κ2) is 19.3. The molecule has 15 aromatic rings. The fourth-order valence-corrected chi connectivity index (χ4v) is 11.9. The molecule has 0 bridgehead atoms. The van der Waals surface area contributed by atoms with Gasteiger partial charge in [0.15, 0.2) is 0 Å². The van der Waals surface area contributed by atoms with Crippen LogP contribution in [0.15, 0.2) is 225 Å². The van der Waals surface area contributed by atoms with Crippen molar-refractivity contribution in [3.8, 4) is 34.1 Å². The lowest BCUT2D eigenvalue weighted by Gasteiger charge is -2.19. The van der Waals surface area contributed by atoms with Gasteiger partial charge < -0.3 is 20.4 Å². The molecule has 18 nitrogen and oxygen atoms in total. The zero-order valence-corrected chi connectivity index (χ0v) is 44.1. The van der Waals surface area contributed by atoms with Gasteiger partial charge in [-0.3, -0.25) is 37.4 Å². The zero-order valence-electron chi connectivity index (χ0n) is 44.1. The predicted octanol–water partition coefficient (Wildman–Crippen LogP) is 8.39. The van der Waals surface area contributed by atoms with E-state index in [2.05, 4.69) is 9.97 Å². The highest BCUT2D eigenvalue weighted by Crippen LogP contribution is 2.36. The van der Waals surface area contributed by atoms with Crippen LogP contribution >= 0.6 is 0 Å². The number of hydrogen-bond acceptors (Lipinski definition) is 12. The second-order valence-electron chi connectivity index (χ2n) is 20.5. The van der Waals surface area contributed by atoms with Crippen LogP contribution in [0.3, 0.4) is 0 Å². The number of aliphatic hydroxyl groups is 4. The smallest absolute Gasteiger partial charge is 0.266 e. The van der Waals surface area contributed by atoms with Gasteiger partial charge in [-0.1, -0.05) is 109 Å². The van der Waals surface area contributed by atoms with Crippen LogP contribution in [0, 0.1) is 0 Å². The predicted molar refractivity (Wildman–Crippen MR) is 319 cm³/mol. The minimum absolute atomic E-state index is 0.0805. The number of nitrogens with zero attached hydrogens (tertiary/aromatic N) is 10. The van der Waals surface area contributed by atoms with Gasteiger partial charge in [0.05, 0.1) is 99.8 Å². The van der Waals surface area contributed by atoms with E-state index in [0.29, 0.717) is 78.0 Å². The maximum Gasteiger partial charge on any atom is 0.266 e. The molecule has 0 aliphatic rings. The summed E-state index contributed by atoms with van der Waals surface area (Å²) in [5, 5.41) is 45.2. The maximum absolute atomic E-state index is 15.3. The molecule has 0 aliphatic heterocycles. The van der Waals surface area contributed by atoms with Crippen molar-refractivity contribution in [1.82, 2.24) is 47.3 Å². The Morgan fingerprint density at radius 2 is 0.571 bits per heavy atom. The number of aromatic nitrogens is 10. The summed E-state index contributed by atoms with van der Waals surface area (Å²) in [5.41, 5.74) is 4.55. The minimum Gasteiger partial charge on any atom is -0.388 e. The average Bonchev–Trinajstić information content (AvgIpc) is 2.93. The average molecular weight is 1110 g/mol. The van der Waals surface area contributed by atoms with Gasteiger partial charge in [0.2, 0.25) is 0 Å². The summed E-state index contributed by atoms with van der Waals surface area (Å²) >= 11 is 0. The summed E-state index contributed by atoms with van der Waals surface area (Å²) in [6.07, 6.45) is -2.48. The minimum atomic E-state index is -1.24. The molecule has 2 unspecified atom stereocenters. The third-order valence-electron chi connectivity index (χ3n) is 15.7. The number of benzene rings is 9. The van der Waals surface area contributed by atoms with Crippen LogP contribution in [0.25, 0.3) is 99.8 Å². The summed E-state index contributed by atoms with van der Waals surface area (Å²) < 4.78 is 8.97. The first kappa shape index (κ1) is 50.0. The molecule has 4 N–H and O–H groups in total. The topological polar surface area (TPSA) is 230 Å². The number of hydrogen-bond donors (Lipinski definition) is 4. The molecule has 0 radical (unpaired) electrons. The first-order valence-corrected chi connectivity index (χ1v) is 26.9. The molecule has 6 heterocycles. The van der Waals surface area contributed by atoms with Crippen molar-refractivity contribution in [3.63, 3.8) is 0 Å². The molecule has 84 heavy (non-hydrogen) atoms. The molecule has 6 aromatic heterocycles. The van der Waals surface area contributed by atoms with Gasteiger partial charge in [0.25, 0.3) is 22.2 Å². The van der Waals surface area contributed by atoms with Gasteiger partial charge in [0.1, 0.15) is 48.7 Å². The highest BCUT2D eigenvalue weighted by atomic mass is 16.3. The Morgan fingerprint density at radius 1 is 0.310 bits per heavy atom. The van der Waals surface area contributed by atoms with E-state index in [9.17, 15) is 20.4 Å². The maximum atomic E-state index is 15.3. The molecule has 0 spiro atoms. The first-order chi connectivity index (χ1) is 41.1. The van der Waals surface area contributed by atoms with Crippen LogP contribution in [0.4, 0.5) is 0 Å².